The molecule has 2 rings (SSSR count). The molecule has 1 aliphatic rings. The van der Waals surface area contributed by atoms with E-state index in [0.717, 1.165) is 5.56 Å². The zero-order valence-electron chi connectivity index (χ0n) is 12.9. The summed E-state index contributed by atoms with van der Waals surface area (Å²) in [5.41, 5.74) is 0.928. The second-order valence-electron chi connectivity index (χ2n) is 5.76. The predicted octanol–water partition coefficient (Wildman–Crippen LogP) is -0.0349. The minimum atomic E-state index is -3.81. The Kier molecular flexibility index (Phi) is 5.12. The van der Waals surface area contributed by atoms with Crippen molar-refractivity contribution in [2.24, 2.45) is 0 Å². The van der Waals surface area contributed by atoms with Gasteiger partial charge in [-0.3, -0.25) is 4.79 Å². The number of rotatable bonds is 5. The molecular weight excluding hydrogens is 340 g/mol. The van der Waals surface area contributed by atoms with Crippen molar-refractivity contribution in [3.8, 4) is 0 Å². The third-order valence-corrected chi connectivity index (χ3v) is 6.96. The Labute approximate surface area is 136 Å². The van der Waals surface area contributed by atoms with Gasteiger partial charge in [0.1, 0.15) is 0 Å². The Morgan fingerprint density at radius 3 is 2.39 bits per heavy atom. The lowest BCUT2D eigenvalue weighted by molar-refractivity contribution is -0.122. The predicted molar refractivity (Wildman–Crippen MR) is 86.2 cm³/mol. The van der Waals surface area contributed by atoms with Crippen LogP contribution in [0.2, 0.25) is 0 Å². The standard InChI is InChI=1S/C14H20N2O5S2/c1-10-3-5-13(6-4-10)23(20,21)16-11(2)14(17)15-12-7-8-22(18,19)9-12/h3-6,11-12,16H,7-9H2,1-2H3,(H,15,17). The van der Waals surface area contributed by atoms with E-state index < -0.39 is 37.9 Å². The van der Waals surface area contributed by atoms with Crippen molar-refractivity contribution >= 4 is 25.8 Å². The number of carbonyl (C=O) groups is 1. The molecule has 0 radical (unpaired) electrons. The van der Waals surface area contributed by atoms with Gasteiger partial charge in [-0.25, -0.2) is 16.8 Å². The number of amides is 1. The summed E-state index contributed by atoms with van der Waals surface area (Å²) in [5, 5.41) is 2.57. The highest BCUT2D eigenvalue weighted by Gasteiger charge is 2.31. The van der Waals surface area contributed by atoms with Gasteiger partial charge in [-0.15, -0.1) is 0 Å². The number of nitrogens with one attached hydrogen (secondary N) is 2. The monoisotopic (exact) mass is 360 g/mol. The molecule has 1 aliphatic heterocycles. The molecule has 1 fully saturated rings. The van der Waals surface area contributed by atoms with Gasteiger partial charge in [0.05, 0.1) is 22.4 Å². The van der Waals surface area contributed by atoms with Gasteiger partial charge in [-0.05, 0) is 32.4 Å². The van der Waals surface area contributed by atoms with Crippen LogP contribution in [-0.2, 0) is 24.7 Å². The van der Waals surface area contributed by atoms with Crippen molar-refractivity contribution in [2.45, 2.75) is 37.2 Å². The largest absolute Gasteiger partial charge is 0.351 e. The van der Waals surface area contributed by atoms with Gasteiger partial charge in [0.15, 0.2) is 9.84 Å². The van der Waals surface area contributed by atoms with Crippen LogP contribution in [0.5, 0.6) is 0 Å². The lowest BCUT2D eigenvalue weighted by atomic mass is 10.2. The Morgan fingerprint density at radius 1 is 1.26 bits per heavy atom. The van der Waals surface area contributed by atoms with Crippen LogP contribution in [0.15, 0.2) is 29.2 Å². The van der Waals surface area contributed by atoms with Crippen LogP contribution in [0, 0.1) is 6.92 Å². The second kappa shape index (κ2) is 6.58. The Balaban J connectivity index is 1.99. The number of carbonyl (C=O) groups excluding carboxylic acids is 1. The zero-order chi connectivity index (χ0) is 17.3. The summed E-state index contributed by atoms with van der Waals surface area (Å²) in [6.45, 7) is 3.26. The second-order valence-corrected chi connectivity index (χ2v) is 9.71. The molecule has 1 aromatic rings. The van der Waals surface area contributed by atoms with Crippen LogP contribution >= 0.6 is 0 Å². The summed E-state index contributed by atoms with van der Waals surface area (Å²) in [6, 6.07) is 4.81. The average Bonchev–Trinajstić information content (AvgIpc) is 2.77. The molecule has 2 atom stereocenters. The summed E-state index contributed by atoms with van der Waals surface area (Å²) >= 11 is 0. The minimum absolute atomic E-state index is 0.0431. The van der Waals surface area contributed by atoms with Crippen molar-refractivity contribution < 1.29 is 21.6 Å². The first kappa shape index (κ1) is 17.9. The fraction of sp³-hybridized carbons (Fsp3) is 0.500. The summed E-state index contributed by atoms with van der Waals surface area (Å²) in [4.78, 5) is 12.1. The highest BCUT2D eigenvalue weighted by Crippen LogP contribution is 2.13. The molecule has 0 bridgehead atoms. The summed E-state index contributed by atoms with van der Waals surface area (Å²) in [7, 11) is -6.91. The van der Waals surface area contributed by atoms with Crippen molar-refractivity contribution in [3.05, 3.63) is 29.8 Å². The number of benzene rings is 1. The fourth-order valence-electron chi connectivity index (χ4n) is 2.31. The third-order valence-electron chi connectivity index (χ3n) is 3.64. The summed E-state index contributed by atoms with van der Waals surface area (Å²) < 4.78 is 49.5. The molecule has 0 aliphatic carbocycles. The smallest absolute Gasteiger partial charge is 0.241 e. The summed E-state index contributed by atoms with van der Waals surface area (Å²) in [5.74, 6) is -0.597. The van der Waals surface area contributed by atoms with Crippen molar-refractivity contribution in [3.63, 3.8) is 0 Å². The van der Waals surface area contributed by atoms with E-state index in [0.29, 0.717) is 6.42 Å². The van der Waals surface area contributed by atoms with Crippen molar-refractivity contribution in [2.75, 3.05) is 11.5 Å². The van der Waals surface area contributed by atoms with Gasteiger partial charge >= 0.3 is 0 Å². The maximum Gasteiger partial charge on any atom is 0.241 e. The van der Waals surface area contributed by atoms with E-state index in [1.165, 1.54) is 19.1 Å². The maximum atomic E-state index is 12.2. The van der Waals surface area contributed by atoms with Crippen molar-refractivity contribution in [1.29, 1.82) is 0 Å². The van der Waals surface area contributed by atoms with E-state index in [1.807, 2.05) is 6.92 Å². The highest BCUT2D eigenvalue weighted by atomic mass is 32.2. The first-order valence-electron chi connectivity index (χ1n) is 7.19. The maximum absolute atomic E-state index is 12.2. The number of hydrogen-bond acceptors (Lipinski definition) is 5. The van der Waals surface area contributed by atoms with Crippen LogP contribution in [0.4, 0.5) is 0 Å². The van der Waals surface area contributed by atoms with E-state index in [2.05, 4.69) is 10.0 Å². The Bertz CT molecular complexity index is 785. The van der Waals surface area contributed by atoms with Crippen LogP contribution in [0.3, 0.4) is 0 Å². The van der Waals surface area contributed by atoms with Crippen LogP contribution in [0.25, 0.3) is 0 Å². The molecule has 128 valence electrons. The van der Waals surface area contributed by atoms with E-state index in [-0.39, 0.29) is 16.4 Å². The Hall–Kier alpha value is -1.45. The number of sulfonamides is 1. The molecule has 1 heterocycles. The SMILES string of the molecule is Cc1ccc(S(=O)(=O)NC(C)C(=O)NC2CCS(=O)(=O)C2)cc1. The highest BCUT2D eigenvalue weighted by molar-refractivity contribution is 7.91. The molecular formula is C14H20N2O5S2. The molecule has 1 saturated heterocycles. The lowest BCUT2D eigenvalue weighted by Crippen LogP contribution is -2.48. The molecule has 0 aromatic heterocycles. The van der Waals surface area contributed by atoms with Gasteiger partial charge < -0.3 is 5.32 Å². The molecule has 2 N–H and O–H groups in total. The summed E-state index contributed by atoms with van der Waals surface area (Å²) in [6.07, 6.45) is 0.353. The van der Waals surface area contributed by atoms with E-state index in [4.69, 9.17) is 0 Å². The van der Waals surface area contributed by atoms with Gasteiger partial charge in [0.25, 0.3) is 0 Å². The van der Waals surface area contributed by atoms with Gasteiger partial charge in [-0.2, -0.15) is 4.72 Å². The van der Waals surface area contributed by atoms with Gasteiger partial charge in [0, 0.05) is 6.04 Å². The molecule has 23 heavy (non-hydrogen) atoms. The molecule has 9 heteroatoms. The zero-order valence-corrected chi connectivity index (χ0v) is 14.6. The Morgan fingerprint density at radius 2 is 1.87 bits per heavy atom. The molecule has 1 amide bonds. The van der Waals surface area contributed by atoms with E-state index in [1.54, 1.807) is 12.1 Å². The first-order chi connectivity index (χ1) is 10.6. The lowest BCUT2D eigenvalue weighted by Gasteiger charge is -2.17. The topological polar surface area (TPSA) is 109 Å². The van der Waals surface area contributed by atoms with E-state index >= 15 is 0 Å². The van der Waals surface area contributed by atoms with Gasteiger partial charge in [-0.1, -0.05) is 17.7 Å². The van der Waals surface area contributed by atoms with Crippen LogP contribution in [0.1, 0.15) is 18.9 Å². The number of sulfone groups is 1. The molecule has 1 aromatic carbocycles. The minimum Gasteiger partial charge on any atom is -0.351 e. The van der Waals surface area contributed by atoms with Crippen LogP contribution < -0.4 is 10.0 Å². The molecule has 0 spiro atoms. The van der Waals surface area contributed by atoms with E-state index in [9.17, 15) is 21.6 Å². The molecule has 0 saturated carbocycles. The molecule has 2 unspecified atom stereocenters. The quantitative estimate of drug-likeness (QED) is 0.766. The fourth-order valence-corrected chi connectivity index (χ4v) is 5.18. The van der Waals surface area contributed by atoms with Gasteiger partial charge in [0.2, 0.25) is 15.9 Å². The first-order valence-corrected chi connectivity index (χ1v) is 10.5. The number of hydrogen-bond donors (Lipinski definition) is 2. The molecule has 7 nitrogen and oxygen atoms in total. The normalized spacial score (nSPS) is 21.7. The average molecular weight is 360 g/mol. The van der Waals surface area contributed by atoms with Crippen molar-refractivity contribution in [1.82, 2.24) is 10.0 Å². The third kappa shape index (κ3) is 4.76. The van der Waals surface area contributed by atoms with Crippen LogP contribution in [-0.4, -0.2) is 46.3 Å². The number of aryl methyl sites for hydroxylation is 1.